The van der Waals surface area contributed by atoms with Gasteiger partial charge in [-0.2, -0.15) is 0 Å². The maximum atomic E-state index is 11.5. The van der Waals surface area contributed by atoms with Crippen molar-refractivity contribution in [1.29, 1.82) is 0 Å². The molecule has 0 heterocycles. The number of benzene rings is 1. The molecule has 0 radical (unpaired) electrons. The Hall–Kier alpha value is -0.544. The van der Waals surface area contributed by atoms with Crippen LogP contribution >= 0.6 is 0 Å². The van der Waals surface area contributed by atoms with Crippen LogP contribution < -0.4 is 0 Å². The molecular weight excluding hydrogens is 212 g/mol. The third-order valence-corrected chi connectivity index (χ3v) is 3.28. The van der Waals surface area contributed by atoms with Crippen molar-refractivity contribution >= 4 is 29.0 Å². The average Bonchev–Trinajstić information content (AvgIpc) is 2.16. The number of hydrogen-bond donors (Lipinski definition) is 1. The van der Waals surface area contributed by atoms with Gasteiger partial charge in [-0.25, -0.2) is 0 Å². The van der Waals surface area contributed by atoms with Gasteiger partial charge in [-0.3, -0.25) is 4.79 Å². The van der Waals surface area contributed by atoms with E-state index in [2.05, 4.69) is 0 Å². The first-order valence-electron chi connectivity index (χ1n) is 5.09. The molecule has 1 aromatic rings. The molecule has 1 N–H and O–H groups in total. The number of carboxylic acid groups (broad SMARTS) is 1. The van der Waals surface area contributed by atoms with Gasteiger partial charge in [0.05, 0.1) is 5.41 Å². The molecule has 86 valence electrons. The predicted molar refractivity (Wildman–Crippen MR) is 68.9 cm³/mol. The first-order chi connectivity index (χ1) is 6.80. The molecule has 0 aliphatic rings. The Morgan fingerprint density at radius 2 is 1.56 bits per heavy atom. The quantitative estimate of drug-likeness (QED) is 0.796. The van der Waals surface area contributed by atoms with E-state index in [1.807, 2.05) is 51.1 Å². The second-order valence-electron chi connectivity index (χ2n) is 5.05. The minimum absolute atomic E-state index is 0. The van der Waals surface area contributed by atoms with E-state index in [1.54, 1.807) is 6.92 Å². The van der Waals surface area contributed by atoms with Crippen molar-refractivity contribution in [3.05, 3.63) is 35.9 Å². The average molecular weight is 233 g/mol. The summed E-state index contributed by atoms with van der Waals surface area (Å²) in [5.74, 6) is -0.777. The van der Waals surface area contributed by atoms with Crippen LogP contribution in [0.15, 0.2) is 30.3 Å². The fourth-order valence-corrected chi connectivity index (χ4v) is 1.65. The van der Waals surface area contributed by atoms with Crippen LogP contribution in [0.2, 0.25) is 0 Å². The molecule has 1 atom stereocenters. The Bertz CT molecular complexity index is 363. The van der Waals surface area contributed by atoms with Crippen molar-refractivity contribution in [2.24, 2.45) is 5.41 Å². The van der Waals surface area contributed by atoms with E-state index in [4.69, 9.17) is 0 Å². The van der Waals surface area contributed by atoms with Crippen LogP contribution in [0.1, 0.15) is 36.1 Å². The maximum absolute atomic E-state index is 11.5. The summed E-state index contributed by atoms with van der Waals surface area (Å²) in [6.07, 6.45) is 0. The normalized spacial score (nSPS) is 14.8. The van der Waals surface area contributed by atoms with Crippen LogP contribution in [-0.2, 0) is 10.2 Å². The number of rotatable bonds is 2. The summed E-state index contributed by atoms with van der Waals surface area (Å²) in [7, 11) is 0. The summed E-state index contributed by atoms with van der Waals surface area (Å²) in [4.78, 5) is 11.5. The van der Waals surface area contributed by atoms with Gasteiger partial charge >= 0.3 is 29.0 Å². The van der Waals surface area contributed by atoms with Gasteiger partial charge in [0.15, 0.2) is 0 Å². The van der Waals surface area contributed by atoms with Crippen molar-refractivity contribution in [2.75, 3.05) is 0 Å². The summed E-state index contributed by atoms with van der Waals surface area (Å²) >= 11 is 0. The second-order valence-corrected chi connectivity index (χ2v) is 5.05. The van der Waals surface area contributed by atoms with E-state index in [1.165, 1.54) is 0 Å². The molecule has 0 spiro atoms. The first-order valence-corrected chi connectivity index (χ1v) is 5.09. The molecule has 1 unspecified atom stereocenters. The van der Waals surface area contributed by atoms with Crippen LogP contribution in [0.4, 0.5) is 0 Å². The van der Waals surface area contributed by atoms with Gasteiger partial charge in [0.1, 0.15) is 0 Å². The maximum Gasteiger partial charge on any atom is 2.00 e. The number of aliphatic carboxylic acids is 1. The third kappa shape index (κ3) is 2.58. The minimum Gasteiger partial charge on any atom is -1.00 e. The van der Waals surface area contributed by atoms with E-state index < -0.39 is 11.4 Å². The summed E-state index contributed by atoms with van der Waals surface area (Å²) in [5, 5.41) is 9.42. The number of carboxylic acids is 1. The van der Waals surface area contributed by atoms with Gasteiger partial charge in [0.25, 0.3) is 0 Å². The standard InChI is InChI=1S/C13H18O2.Mg.2H/c1-12(2,3)13(4,11(14)15)10-8-6-5-7-9-10;;;/h5-9H,1-4H3,(H,14,15);;;/q;+2;2*-1. The fourth-order valence-electron chi connectivity index (χ4n) is 1.65. The smallest absolute Gasteiger partial charge is 1.00 e. The SMILES string of the molecule is CC(C)(C)C(C)(C(=O)O)c1ccccc1.[H-].[H-].[Mg+2]. The van der Waals surface area contributed by atoms with Gasteiger partial charge < -0.3 is 7.96 Å². The Kier molecular flexibility index (Phi) is 5.01. The molecule has 0 saturated carbocycles. The summed E-state index contributed by atoms with van der Waals surface area (Å²) in [6.45, 7) is 7.64. The minimum atomic E-state index is -0.853. The summed E-state index contributed by atoms with van der Waals surface area (Å²) < 4.78 is 0. The van der Waals surface area contributed by atoms with Crippen LogP contribution in [0.25, 0.3) is 0 Å². The molecule has 0 aliphatic heterocycles. The Morgan fingerprint density at radius 1 is 1.12 bits per heavy atom. The van der Waals surface area contributed by atoms with Crippen molar-refractivity contribution in [2.45, 2.75) is 33.1 Å². The van der Waals surface area contributed by atoms with Crippen molar-refractivity contribution in [1.82, 2.24) is 0 Å². The van der Waals surface area contributed by atoms with E-state index >= 15 is 0 Å². The molecule has 0 fully saturated rings. The predicted octanol–water partition coefficient (Wildman–Crippen LogP) is 2.92. The molecule has 0 aliphatic carbocycles. The van der Waals surface area contributed by atoms with Crippen LogP contribution in [0.5, 0.6) is 0 Å². The molecule has 0 saturated heterocycles. The van der Waals surface area contributed by atoms with Crippen LogP contribution in [0.3, 0.4) is 0 Å². The van der Waals surface area contributed by atoms with Crippen LogP contribution in [0, 0.1) is 5.41 Å². The third-order valence-electron chi connectivity index (χ3n) is 3.28. The van der Waals surface area contributed by atoms with Crippen molar-refractivity contribution in [3.8, 4) is 0 Å². The fraction of sp³-hybridized carbons (Fsp3) is 0.462. The molecule has 1 rings (SSSR count). The van der Waals surface area contributed by atoms with Gasteiger partial charge in [0, 0.05) is 0 Å². The molecule has 0 bridgehead atoms. The Morgan fingerprint density at radius 3 is 1.88 bits per heavy atom. The van der Waals surface area contributed by atoms with Gasteiger partial charge in [-0.1, -0.05) is 51.1 Å². The van der Waals surface area contributed by atoms with Crippen molar-refractivity contribution in [3.63, 3.8) is 0 Å². The van der Waals surface area contributed by atoms with E-state index in [-0.39, 0.29) is 31.3 Å². The van der Waals surface area contributed by atoms with Gasteiger partial charge in [-0.05, 0) is 17.9 Å². The number of hydrogen-bond acceptors (Lipinski definition) is 1. The second kappa shape index (κ2) is 5.19. The molecule has 3 heteroatoms. The molecule has 0 amide bonds. The summed E-state index contributed by atoms with van der Waals surface area (Å²) in [6, 6.07) is 9.40. The van der Waals surface area contributed by atoms with Gasteiger partial charge in [-0.15, -0.1) is 0 Å². The first kappa shape index (κ1) is 15.5. The molecule has 0 aromatic heterocycles. The van der Waals surface area contributed by atoms with E-state index in [0.29, 0.717) is 0 Å². The zero-order valence-electron chi connectivity index (χ0n) is 12.4. The zero-order chi connectivity index (χ0) is 11.7. The Labute approximate surface area is 116 Å². The van der Waals surface area contributed by atoms with Crippen molar-refractivity contribution < 1.29 is 12.8 Å². The molecule has 1 aromatic carbocycles. The summed E-state index contributed by atoms with van der Waals surface area (Å²) in [5.41, 5.74) is -0.320. The van der Waals surface area contributed by atoms with Gasteiger partial charge in [0.2, 0.25) is 0 Å². The Balaban J connectivity index is -0.000000750. The molecule has 2 nitrogen and oxygen atoms in total. The largest absolute Gasteiger partial charge is 2.00 e. The molecule has 16 heavy (non-hydrogen) atoms. The topological polar surface area (TPSA) is 37.3 Å². The zero-order valence-corrected chi connectivity index (χ0v) is 11.9. The number of carbonyl (C=O) groups is 1. The van der Waals surface area contributed by atoms with E-state index in [9.17, 15) is 9.90 Å². The molecular formula is C13H20MgO2. The monoisotopic (exact) mass is 232 g/mol. The van der Waals surface area contributed by atoms with E-state index in [0.717, 1.165) is 5.56 Å². The van der Waals surface area contributed by atoms with Crippen LogP contribution in [-0.4, -0.2) is 34.1 Å².